The maximum Gasteiger partial charge on any atom is 0.330 e. The van der Waals surface area contributed by atoms with Gasteiger partial charge in [0.25, 0.3) is 11.1 Å². The zero-order valence-corrected chi connectivity index (χ0v) is 20.9. The second-order valence-electron chi connectivity index (χ2n) is 9.19. The van der Waals surface area contributed by atoms with Gasteiger partial charge in [0, 0.05) is 19.6 Å². The Morgan fingerprint density at radius 3 is 2.63 bits per heavy atom. The van der Waals surface area contributed by atoms with Crippen molar-refractivity contribution in [2.24, 2.45) is 7.05 Å². The lowest BCUT2D eigenvalue weighted by Gasteiger charge is -2.26. The van der Waals surface area contributed by atoms with Crippen molar-refractivity contribution in [3.8, 4) is 0 Å². The zero-order chi connectivity index (χ0) is 24.5. The Bertz CT molecular complexity index is 1560. The highest BCUT2D eigenvalue weighted by atomic mass is 32.2. The van der Waals surface area contributed by atoms with E-state index in [4.69, 9.17) is 9.97 Å². The molecule has 9 nitrogen and oxygen atoms in total. The Hall–Kier alpha value is -3.14. The topological polar surface area (TPSA) is 108 Å². The summed E-state index contributed by atoms with van der Waals surface area (Å²) in [6, 6.07) is 7.61. The minimum absolute atomic E-state index is 0.000139. The molecule has 0 atom stereocenters. The molecule has 0 amide bonds. The highest BCUT2D eigenvalue weighted by Gasteiger charge is 2.23. The first-order chi connectivity index (χ1) is 17.0. The van der Waals surface area contributed by atoms with Gasteiger partial charge >= 0.3 is 5.69 Å². The Labute approximate surface area is 206 Å². The van der Waals surface area contributed by atoms with Crippen molar-refractivity contribution in [1.82, 2.24) is 28.7 Å². The van der Waals surface area contributed by atoms with Crippen molar-refractivity contribution in [3.05, 3.63) is 61.3 Å². The molecule has 0 aliphatic heterocycles. The van der Waals surface area contributed by atoms with Gasteiger partial charge in [-0.2, -0.15) is 0 Å². The molecule has 1 N–H and O–H groups in total. The molecule has 10 heteroatoms. The fourth-order valence-corrected chi connectivity index (χ4v) is 6.01. The van der Waals surface area contributed by atoms with Crippen LogP contribution in [0, 0.1) is 0 Å². The number of aromatic amines is 1. The second kappa shape index (κ2) is 9.85. The molecule has 35 heavy (non-hydrogen) atoms. The van der Waals surface area contributed by atoms with Crippen LogP contribution in [0.2, 0.25) is 0 Å². The monoisotopic (exact) mass is 494 g/mol. The first kappa shape index (κ1) is 23.6. The van der Waals surface area contributed by atoms with Gasteiger partial charge in [0.05, 0.1) is 16.7 Å². The maximum atomic E-state index is 13.5. The lowest BCUT2D eigenvalue weighted by atomic mass is 9.95. The lowest BCUT2D eigenvalue weighted by Crippen LogP contribution is -2.31. The van der Waals surface area contributed by atoms with Crippen molar-refractivity contribution in [2.45, 2.75) is 75.4 Å². The smallest absolute Gasteiger partial charge is 0.325 e. The number of para-hydroxylation sites is 1. The summed E-state index contributed by atoms with van der Waals surface area (Å²) in [7, 11) is 1.79. The summed E-state index contributed by atoms with van der Waals surface area (Å²) in [6.07, 6.45) is 7.10. The van der Waals surface area contributed by atoms with Crippen molar-refractivity contribution in [3.63, 3.8) is 0 Å². The number of imidazole rings is 1. The normalized spacial score (nSPS) is 14.8. The molecule has 0 bridgehead atoms. The number of aryl methyl sites for hydroxylation is 2. The maximum absolute atomic E-state index is 13.5. The highest BCUT2D eigenvalue weighted by Crippen LogP contribution is 2.32. The van der Waals surface area contributed by atoms with Crippen LogP contribution in [0.4, 0.5) is 0 Å². The molecule has 0 radical (unpaired) electrons. The summed E-state index contributed by atoms with van der Waals surface area (Å²) < 4.78 is 5.16. The molecule has 0 spiro atoms. The van der Waals surface area contributed by atoms with Gasteiger partial charge in [0.15, 0.2) is 16.3 Å². The van der Waals surface area contributed by atoms with Crippen molar-refractivity contribution in [2.75, 3.05) is 0 Å². The Kier molecular flexibility index (Phi) is 6.64. The molecule has 4 aromatic rings. The van der Waals surface area contributed by atoms with Crippen LogP contribution in [0.3, 0.4) is 0 Å². The van der Waals surface area contributed by atoms with Crippen molar-refractivity contribution in [1.29, 1.82) is 0 Å². The van der Waals surface area contributed by atoms with Gasteiger partial charge in [0.2, 0.25) is 0 Å². The van der Waals surface area contributed by atoms with Crippen LogP contribution < -0.4 is 16.8 Å². The summed E-state index contributed by atoms with van der Waals surface area (Å²) in [6.45, 7) is 2.55. The first-order valence-electron chi connectivity index (χ1n) is 12.3. The van der Waals surface area contributed by atoms with E-state index < -0.39 is 11.2 Å². The summed E-state index contributed by atoms with van der Waals surface area (Å²) in [5.41, 5.74) is 0.596. The number of fused-ring (bicyclic) bond motifs is 2. The third kappa shape index (κ3) is 4.35. The molecule has 1 aromatic carbocycles. The standard InChI is InChI=1S/C25H30N6O3S/c1-3-4-14-30-21-20(22(32)28-24(30)34)29(2)19(27-21)15-35-25-26-18-13-9-8-12-17(18)23(33)31(25)16-10-6-5-7-11-16/h8-9,12-13,16H,3-7,10-11,14-15H2,1-2H3,(H,28,32,34). The first-order valence-corrected chi connectivity index (χ1v) is 13.3. The number of hydrogen-bond donors (Lipinski definition) is 1. The van der Waals surface area contributed by atoms with Crippen LogP contribution in [0.1, 0.15) is 63.7 Å². The number of thioether (sulfide) groups is 1. The summed E-state index contributed by atoms with van der Waals surface area (Å²) in [5.74, 6) is 1.08. The molecule has 3 aromatic heterocycles. The van der Waals surface area contributed by atoms with Crippen LogP contribution >= 0.6 is 11.8 Å². The molecule has 0 unspecified atom stereocenters. The van der Waals surface area contributed by atoms with E-state index >= 15 is 0 Å². The van der Waals surface area contributed by atoms with Gasteiger partial charge in [0.1, 0.15) is 5.82 Å². The quantitative estimate of drug-likeness (QED) is 0.310. The number of H-pyrrole nitrogens is 1. The Morgan fingerprint density at radius 1 is 1.09 bits per heavy atom. The number of rotatable bonds is 7. The molecule has 184 valence electrons. The zero-order valence-electron chi connectivity index (χ0n) is 20.1. The molecule has 1 fully saturated rings. The van der Waals surface area contributed by atoms with Crippen LogP contribution in [-0.4, -0.2) is 28.7 Å². The number of benzene rings is 1. The van der Waals surface area contributed by atoms with Gasteiger partial charge in [-0.15, -0.1) is 0 Å². The van der Waals surface area contributed by atoms with E-state index in [1.54, 1.807) is 16.2 Å². The minimum atomic E-state index is -0.438. The molecule has 1 saturated carbocycles. The van der Waals surface area contributed by atoms with Crippen LogP contribution in [0.15, 0.2) is 43.8 Å². The Morgan fingerprint density at radius 2 is 1.86 bits per heavy atom. The van der Waals surface area contributed by atoms with E-state index in [1.807, 2.05) is 28.8 Å². The molecular weight excluding hydrogens is 464 g/mol. The number of nitrogens with zero attached hydrogens (tertiary/aromatic N) is 5. The van der Waals surface area contributed by atoms with Gasteiger partial charge in [-0.3, -0.25) is 23.7 Å². The SMILES string of the molecule is CCCCn1c(=O)[nH]c(=O)c2c1nc(CSc1nc3ccccc3c(=O)n1C1CCCCC1)n2C. The number of hydrogen-bond acceptors (Lipinski definition) is 6. The van der Waals surface area contributed by atoms with Crippen LogP contribution in [0.25, 0.3) is 22.1 Å². The van der Waals surface area contributed by atoms with Gasteiger partial charge in [-0.25, -0.2) is 14.8 Å². The number of aromatic nitrogens is 6. The molecular formula is C25H30N6O3S. The summed E-state index contributed by atoms with van der Waals surface area (Å²) in [5, 5.41) is 1.31. The average molecular weight is 495 g/mol. The van der Waals surface area contributed by atoms with E-state index in [0.717, 1.165) is 38.5 Å². The van der Waals surface area contributed by atoms with E-state index in [0.29, 0.717) is 45.3 Å². The van der Waals surface area contributed by atoms with Crippen LogP contribution in [0.5, 0.6) is 0 Å². The van der Waals surface area contributed by atoms with Crippen LogP contribution in [-0.2, 0) is 19.3 Å². The molecule has 3 heterocycles. The van der Waals surface area contributed by atoms with E-state index in [2.05, 4.69) is 11.9 Å². The summed E-state index contributed by atoms with van der Waals surface area (Å²) >= 11 is 1.45. The molecule has 5 rings (SSSR count). The molecule has 1 aliphatic carbocycles. The predicted octanol–water partition coefficient (Wildman–Crippen LogP) is 3.73. The fraction of sp³-hybridized carbons (Fsp3) is 0.480. The van der Waals surface area contributed by atoms with E-state index in [-0.39, 0.29) is 11.6 Å². The molecule has 0 saturated heterocycles. The lowest BCUT2D eigenvalue weighted by molar-refractivity contribution is 0.326. The summed E-state index contributed by atoms with van der Waals surface area (Å²) in [4.78, 5) is 50.5. The largest absolute Gasteiger partial charge is 0.330 e. The fourth-order valence-electron chi connectivity index (χ4n) is 4.96. The highest BCUT2D eigenvalue weighted by molar-refractivity contribution is 7.98. The molecule has 1 aliphatic rings. The Balaban J connectivity index is 1.56. The van der Waals surface area contributed by atoms with E-state index in [1.165, 1.54) is 18.2 Å². The number of unbranched alkanes of at least 4 members (excludes halogenated alkanes) is 1. The van der Waals surface area contributed by atoms with Crippen molar-refractivity contribution < 1.29 is 0 Å². The second-order valence-corrected chi connectivity index (χ2v) is 10.1. The van der Waals surface area contributed by atoms with Gasteiger partial charge in [-0.05, 0) is 31.4 Å². The average Bonchev–Trinajstić information content (AvgIpc) is 3.19. The van der Waals surface area contributed by atoms with Gasteiger partial charge < -0.3 is 4.57 Å². The van der Waals surface area contributed by atoms with Gasteiger partial charge in [-0.1, -0.05) is 56.5 Å². The van der Waals surface area contributed by atoms with Crippen molar-refractivity contribution >= 4 is 33.8 Å². The third-order valence-corrected chi connectivity index (χ3v) is 7.84. The van der Waals surface area contributed by atoms with E-state index in [9.17, 15) is 14.4 Å². The third-order valence-electron chi connectivity index (χ3n) is 6.89. The predicted molar refractivity (Wildman–Crippen MR) is 138 cm³/mol. The minimum Gasteiger partial charge on any atom is -0.325 e. The number of nitrogens with one attached hydrogen (secondary N) is 1.